The number of rotatable bonds is 4. The zero-order valence-electron chi connectivity index (χ0n) is 10.4. The van der Waals surface area contributed by atoms with Crippen molar-refractivity contribution < 1.29 is 48.7 Å². The van der Waals surface area contributed by atoms with Crippen LogP contribution in [0.1, 0.15) is 30.0 Å². The van der Waals surface area contributed by atoms with Gasteiger partial charge in [-0.15, -0.1) is 0 Å². The van der Waals surface area contributed by atoms with Crippen LogP contribution in [0.3, 0.4) is 0 Å². The van der Waals surface area contributed by atoms with E-state index >= 15 is 0 Å². The number of carbonyl (C=O) groups is 2. The van der Waals surface area contributed by atoms with Crippen LogP contribution in [-0.4, -0.2) is 17.9 Å². The fourth-order valence-electron chi connectivity index (χ4n) is 1.28. The van der Waals surface area contributed by atoms with Gasteiger partial charge in [0.1, 0.15) is 12.0 Å². The summed E-state index contributed by atoms with van der Waals surface area (Å²) in [5.74, 6) is -1.40. The molecule has 0 saturated heterocycles. The van der Waals surface area contributed by atoms with Crippen molar-refractivity contribution in [2.45, 2.75) is 26.8 Å². The van der Waals surface area contributed by atoms with Gasteiger partial charge in [0.2, 0.25) is 0 Å². The number of carboxylic acid groups (broad SMARTS) is 1. The molecule has 1 atom stereocenters. The largest absolute Gasteiger partial charge is 1.00 e. The van der Waals surface area contributed by atoms with E-state index in [1.54, 1.807) is 26.8 Å². The molecule has 1 N–H and O–H groups in total. The SMILES string of the molecule is Cc1cc(C(=O)NC(C(=O)[O-])C(C)C)co1.[Na+]. The maximum atomic E-state index is 11.6. The van der Waals surface area contributed by atoms with Gasteiger partial charge in [0, 0.05) is 0 Å². The Morgan fingerprint density at radius 3 is 2.35 bits per heavy atom. The number of hydrogen-bond acceptors (Lipinski definition) is 4. The van der Waals surface area contributed by atoms with Crippen LogP contribution in [0.5, 0.6) is 0 Å². The number of hydrogen-bond donors (Lipinski definition) is 1. The molecule has 17 heavy (non-hydrogen) atoms. The van der Waals surface area contributed by atoms with Crippen LogP contribution in [-0.2, 0) is 4.79 Å². The molecule has 0 aromatic carbocycles. The summed E-state index contributed by atoms with van der Waals surface area (Å²) in [7, 11) is 0. The van der Waals surface area contributed by atoms with Crippen molar-refractivity contribution in [3.63, 3.8) is 0 Å². The summed E-state index contributed by atoms with van der Waals surface area (Å²) in [6.45, 7) is 5.10. The number of aryl methyl sites for hydroxylation is 1. The first kappa shape index (κ1) is 16.2. The minimum atomic E-state index is -1.29. The summed E-state index contributed by atoms with van der Waals surface area (Å²) in [4.78, 5) is 22.4. The maximum Gasteiger partial charge on any atom is 1.00 e. The van der Waals surface area contributed by atoms with Gasteiger partial charge in [0.15, 0.2) is 0 Å². The Kier molecular flexibility index (Phi) is 6.52. The number of carbonyl (C=O) groups excluding carboxylic acids is 2. The molecule has 5 nitrogen and oxygen atoms in total. The summed E-state index contributed by atoms with van der Waals surface area (Å²) in [5, 5.41) is 13.1. The van der Waals surface area contributed by atoms with Crippen molar-refractivity contribution in [1.82, 2.24) is 5.32 Å². The van der Waals surface area contributed by atoms with Crippen LogP contribution in [0.4, 0.5) is 0 Å². The van der Waals surface area contributed by atoms with Gasteiger partial charge < -0.3 is 19.6 Å². The number of amides is 1. The maximum absolute atomic E-state index is 11.6. The quantitative estimate of drug-likeness (QED) is 0.578. The molecular weight excluding hydrogens is 233 g/mol. The van der Waals surface area contributed by atoms with Crippen molar-refractivity contribution in [3.05, 3.63) is 23.7 Å². The third kappa shape index (κ3) is 4.53. The fraction of sp³-hybridized carbons (Fsp3) is 0.455. The van der Waals surface area contributed by atoms with Crippen LogP contribution < -0.4 is 40.0 Å². The molecular formula is C11H14NNaO4. The van der Waals surface area contributed by atoms with E-state index in [-0.39, 0.29) is 35.5 Å². The summed E-state index contributed by atoms with van der Waals surface area (Å²) < 4.78 is 4.96. The molecule has 0 aliphatic heterocycles. The van der Waals surface area contributed by atoms with Gasteiger partial charge in [-0.2, -0.15) is 0 Å². The molecule has 0 aliphatic rings. The van der Waals surface area contributed by atoms with Crippen molar-refractivity contribution in [1.29, 1.82) is 0 Å². The van der Waals surface area contributed by atoms with Gasteiger partial charge >= 0.3 is 29.6 Å². The van der Waals surface area contributed by atoms with E-state index in [1.807, 2.05) is 0 Å². The average Bonchev–Trinajstić information content (AvgIpc) is 2.59. The molecule has 1 heterocycles. The Morgan fingerprint density at radius 2 is 2.00 bits per heavy atom. The van der Waals surface area contributed by atoms with Gasteiger partial charge in [-0.05, 0) is 18.9 Å². The molecule has 88 valence electrons. The molecule has 1 amide bonds. The van der Waals surface area contributed by atoms with E-state index in [4.69, 9.17) is 4.42 Å². The summed E-state index contributed by atoms with van der Waals surface area (Å²) in [5.41, 5.74) is 0.310. The van der Waals surface area contributed by atoms with E-state index in [0.29, 0.717) is 11.3 Å². The Morgan fingerprint density at radius 1 is 1.41 bits per heavy atom. The zero-order valence-corrected chi connectivity index (χ0v) is 12.4. The number of furan rings is 1. The number of nitrogens with one attached hydrogen (secondary N) is 1. The van der Waals surface area contributed by atoms with Crippen LogP contribution in [0.25, 0.3) is 0 Å². The Bertz CT molecular complexity index is 400. The third-order valence-electron chi connectivity index (χ3n) is 2.20. The van der Waals surface area contributed by atoms with Crippen molar-refractivity contribution >= 4 is 11.9 Å². The molecule has 0 bridgehead atoms. The van der Waals surface area contributed by atoms with Gasteiger partial charge in [0.05, 0.1) is 17.6 Å². The monoisotopic (exact) mass is 247 g/mol. The zero-order chi connectivity index (χ0) is 12.3. The predicted molar refractivity (Wildman–Crippen MR) is 54.5 cm³/mol. The molecule has 0 aliphatic carbocycles. The Balaban J connectivity index is 0.00000256. The average molecular weight is 247 g/mol. The molecule has 0 saturated carbocycles. The molecule has 0 radical (unpaired) electrons. The van der Waals surface area contributed by atoms with Crippen LogP contribution in [0.2, 0.25) is 0 Å². The Hall–Kier alpha value is -0.780. The second-order valence-corrected chi connectivity index (χ2v) is 3.96. The minimum absolute atomic E-state index is 0. The third-order valence-corrected chi connectivity index (χ3v) is 2.20. The first-order valence-corrected chi connectivity index (χ1v) is 4.98. The molecule has 1 aromatic rings. The summed E-state index contributed by atoms with van der Waals surface area (Å²) in [6, 6.07) is 0.546. The normalized spacial score (nSPS) is 11.8. The summed E-state index contributed by atoms with van der Waals surface area (Å²) in [6.07, 6.45) is 1.29. The van der Waals surface area contributed by atoms with E-state index in [9.17, 15) is 14.7 Å². The van der Waals surface area contributed by atoms with Crippen molar-refractivity contribution in [3.8, 4) is 0 Å². The van der Waals surface area contributed by atoms with E-state index in [2.05, 4.69) is 5.32 Å². The van der Waals surface area contributed by atoms with Crippen molar-refractivity contribution in [2.24, 2.45) is 5.92 Å². The molecule has 1 aromatic heterocycles. The Labute approximate surface area is 122 Å². The topological polar surface area (TPSA) is 82.4 Å². The molecule has 1 unspecified atom stereocenters. The molecule has 1 rings (SSSR count). The van der Waals surface area contributed by atoms with Gasteiger partial charge in [-0.1, -0.05) is 13.8 Å². The van der Waals surface area contributed by atoms with Gasteiger partial charge in [-0.3, -0.25) is 4.79 Å². The number of carboxylic acids is 1. The van der Waals surface area contributed by atoms with Crippen LogP contribution in [0, 0.1) is 12.8 Å². The first-order valence-electron chi connectivity index (χ1n) is 4.98. The predicted octanol–water partition coefficient (Wildman–Crippen LogP) is -2.90. The number of aliphatic carboxylic acids is 1. The van der Waals surface area contributed by atoms with Gasteiger partial charge in [0.25, 0.3) is 5.91 Å². The smallest absolute Gasteiger partial charge is 0.548 e. The first-order chi connectivity index (χ1) is 7.41. The molecule has 0 fully saturated rings. The molecule has 0 spiro atoms. The standard InChI is InChI=1S/C11H15NO4.Na/c1-6(2)9(11(14)15)12-10(13)8-4-7(3)16-5-8;/h4-6,9H,1-3H3,(H,12,13)(H,14,15);/q;+1/p-1. The second-order valence-electron chi connectivity index (χ2n) is 3.96. The second kappa shape index (κ2) is 6.83. The van der Waals surface area contributed by atoms with Crippen LogP contribution in [0.15, 0.2) is 16.7 Å². The van der Waals surface area contributed by atoms with Crippen LogP contribution >= 0.6 is 0 Å². The fourth-order valence-corrected chi connectivity index (χ4v) is 1.28. The molecule has 6 heteroatoms. The van der Waals surface area contributed by atoms with Crippen molar-refractivity contribution in [2.75, 3.05) is 0 Å². The van der Waals surface area contributed by atoms with E-state index in [0.717, 1.165) is 0 Å². The van der Waals surface area contributed by atoms with E-state index in [1.165, 1.54) is 6.26 Å². The van der Waals surface area contributed by atoms with E-state index < -0.39 is 17.9 Å². The van der Waals surface area contributed by atoms with Gasteiger partial charge in [-0.25, -0.2) is 0 Å². The minimum Gasteiger partial charge on any atom is -0.548 e. The summed E-state index contributed by atoms with van der Waals surface area (Å²) >= 11 is 0.